The van der Waals surface area contributed by atoms with Crippen LogP contribution in [0.5, 0.6) is 5.75 Å². The fourth-order valence-electron chi connectivity index (χ4n) is 3.08. The summed E-state index contributed by atoms with van der Waals surface area (Å²) in [7, 11) is 0. The van der Waals surface area contributed by atoms with E-state index in [0.29, 0.717) is 5.39 Å². The normalized spacial score (nSPS) is 22.0. The van der Waals surface area contributed by atoms with Gasteiger partial charge in [0.2, 0.25) is 0 Å². The van der Waals surface area contributed by atoms with E-state index in [-0.39, 0.29) is 23.5 Å². The Balaban J connectivity index is 1.96. The average molecular weight is 304 g/mol. The van der Waals surface area contributed by atoms with Crippen molar-refractivity contribution in [3.05, 3.63) is 40.1 Å². The summed E-state index contributed by atoms with van der Waals surface area (Å²) in [6.45, 7) is 2.00. The van der Waals surface area contributed by atoms with Gasteiger partial charge in [0, 0.05) is 12.2 Å². The monoisotopic (exact) mass is 304 g/mol. The Morgan fingerprint density at radius 2 is 2.00 bits per heavy atom. The molecule has 5 heteroatoms. The first-order valence-corrected chi connectivity index (χ1v) is 7.84. The number of ether oxygens (including phenoxy) is 1. The van der Waals surface area contributed by atoms with Gasteiger partial charge in [-0.1, -0.05) is 6.92 Å². The third-order valence-corrected chi connectivity index (χ3v) is 4.43. The minimum absolute atomic E-state index is 0.00109. The molecule has 0 unspecified atom stereocenters. The fraction of sp³-hybridized carbons (Fsp3) is 0.471. The van der Waals surface area contributed by atoms with Crippen molar-refractivity contribution < 1.29 is 9.13 Å². The molecule has 0 spiro atoms. The molecular formula is C17H21FN2O2. The zero-order valence-corrected chi connectivity index (χ0v) is 12.7. The number of hydrogen-bond donors (Lipinski definition) is 2. The van der Waals surface area contributed by atoms with Crippen molar-refractivity contribution >= 4 is 10.8 Å². The Kier molecular flexibility index (Phi) is 4.16. The number of halogens is 1. The molecule has 1 aromatic carbocycles. The topological polar surface area (TPSA) is 68.1 Å². The molecule has 1 heterocycles. The largest absolute Gasteiger partial charge is 0.487 e. The molecule has 0 atom stereocenters. The number of pyridine rings is 1. The Labute approximate surface area is 128 Å². The van der Waals surface area contributed by atoms with Crippen LogP contribution in [0.1, 0.15) is 38.2 Å². The first-order valence-electron chi connectivity index (χ1n) is 7.84. The minimum Gasteiger partial charge on any atom is -0.487 e. The SMILES string of the molecule is CCc1c[nH]c(=O)c2cc(F)c(O[C@H]3CC[C@H](N)CC3)cc12. The van der Waals surface area contributed by atoms with Gasteiger partial charge >= 0.3 is 0 Å². The lowest BCUT2D eigenvalue weighted by molar-refractivity contribution is 0.141. The molecule has 118 valence electrons. The number of rotatable bonds is 3. The highest BCUT2D eigenvalue weighted by Crippen LogP contribution is 2.29. The van der Waals surface area contributed by atoms with Crippen LogP contribution in [-0.2, 0) is 6.42 Å². The molecule has 1 aliphatic carbocycles. The van der Waals surface area contributed by atoms with E-state index in [1.54, 1.807) is 12.3 Å². The Hall–Kier alpha value is -1.88. The van der Waals surface area contributed by atoms with Gasteiger partial charge in [-0.15, -0.1) is 0 Å². The third-order valence-electron chi connectivity index (χ3n) is 4.43. The fourth-order valence-corrected chi connectivity index (χ4v) is 3.08. The molecule has 0 amide bonds. The number of hydrogen-bond acceptors (Lipinski definition) is 3. The van der Waals surface area contributed by atoms with Gasteiger partial charge in [-0.25, -0.2) is 4.39 Å². The summed E-state index contributed by atoms with van der Waals surface area (Å²) in [6.07, 6.45) is 5.93. The molecule has 0 bridgehead atoms. The number of benzene rings is 1. The first kappa shape index (κ1) is 15.0. The molecule has 1 aliphatic rings. The van der Waals surface area contributed by atoms with Crippen molar-refractivity contribution in [1.82, 2.24) is 4.98 Å². The van der Waals surface area contributed by atoms with E-state index in [9.17, 15) is 9.18 Å². The molecule has 1 saturated carbocycles. The number of nitrogens with two attached hydrogens (primary N) is 1. The summed E-state index contributed by atoms with van der Waals surface area (Å²) in [4.78, 5) is 14.5. The van der Waals surface area contributed by atoms with E-state index in [2.05, 4.69) is 4.98 Å². The number of aryl methyl sites for hydroxylation is 1. The third kappa shape index (κ3) is 2.86. The van der Waals surface area contributed by atoms with Crippen molar-refractivity contribution in [2.24, 2.45) is 5.73 Å². The van der Waals surface area contributed by atoms with E-state index in [1.807, 2.05) is 6.92 Å². The zero-order chi connectivity index (χ0) is 15.7. The highest BCUT2D eigenvalue weighted by molar-refractivity contribution is 5.86. The van der Waals surface area contributed by atoms with E-state index in [4.69, 9.17) is 10.5 Å². The number of H-pyrrole nitrogens is 1. The van der Waals surface area contributed by atoms with Crippen molar-refractivity contribution in [3.63, 3.8) is 0 Å². The van der Waals surface area contributed by atoms with E-state index in [0.717, 1.165) is 43.1 Å². The van der Waals surface area contributed by atoms with Gasteiger partial charge in [0.1, 0.15) is 0 Å². The van der Waals surface area contributed by atoms with Crippen LogP contribution < -0.4 is 16.0 Å². The molecule has 1 fully saturated rings. The van der Waals surface area contributed by atoms with Crippen molar-refractivity contribution in [2.75, 3.05) is 0 Å². The average Bonchev–Trinajstić information content (AvgIpc) is 2.51. The second-order valence-corrected chi connectivity index (χ2v) is 5.98. The minimum atomic E-state index is -0.485. The lowest BCUT2D eigenvalue weighted by Crippen LogP contribution is -2.31. The molecule has 0 aliphatic heterocycles. The maximum Gasteiger partial charge on any atom is 0.255 e. The van der Waals surface area contributed by atoms with Crippen LogP contribution in [0, 0.1) is 5.82 Å². The Morgan fingerprint density at radius 3 is 2.68 bits per heavy atom. The predicted octanol–water partition coefficient (Wildman–Crippen LogP) is 2.88. The van der Waals surface area contributed by atoms with E-state index >= 15 is 0 Å². The van der Waals surface area contributed by atoms with Gasteiger partial charge in [0.05, 0.1) is 11.5 Å². The van der Waals surface area contributed by atoms with Gasteiger partial charge in [0.15, 0.2) is 11.6 Å². The molecular weight excluding hydrogens is 283 g/mol. The van der Waals surface area contributed by atoms with Gasteiger partial charge in [-0.05, 0) is 55.2 Å². The molecule has 3 N–H and O–H groups in total. The highest BCUT2D eigenvalue weighted by Gasteiger charge is 2.21. The smallest absolute Gasteiger partial charge is 0.255 e. The Morgan fingerprint density at radius 1 is 1.27 bits per heavy atom. The van der Waals surface area contributed by atoms with Crippen molar-refractivity contribution in [1.29, 1.82) is 0 Å². The molecule has 2 aromatic rings. The second kappa shape index (κ2) is 6.08. The number of aromatic amines is 1. The second-order valence-electron chi connectivity index (χ2n) is 5.98. The maximum absolute atomic E-state index is 14.3. The molecule has 4 nitrogen and oxygen atoms in total. The van der Waals surface area contributed by atoms with Crippen LogP contribution >= 0.6 is 0 Å². The van der Waals surface area contributed by atoms with Crippen LogP contribution in [0.4, 0.5) is 4.39 Å². The summed E-state index contributed by atoms with van der Waals surface area (Å²) in [6, 6.07) is 3.16. The van der Waals surface area contributed by atoms with Crippen LogP contribution in [0.25, 0.3) is 10.8 Å². The molecule has 22 heavy (non-hydrogen) atoms. The summed E-state index contributed by atoms with van der Waals surface area (Å²) >= 11 is 0. The summed E-state index contributed by atoms with van der Waals surface area (Å²) in [5, 5.41) is 1.13. The van der Waals surface area contributed by atoms with E-state index < -0.39 is 5.82 Å². The van der Waals surface area contributed by atoms with Crippen LogP contribution in [0.3, 0.4) is 0 Å². The molecule has 1 aromatic heterocycles. The molecule has 3 rings (SSSR count). The molecule has 0 saturated heterocycles. The van der Waals surface area contributed by atoms with Gasteiger partial charge in [0.25, 0.3) is 5.56 Å². The number of aromatic nitrogens is 1. The quantitative estimate of drug-likeness (QED) is 0.916. The summed E-state index contributed by atoms with van der Waals surface area (Å²) in [5.74, 6) is -0.255. The highest BCUT2D eigenvalue weighted by atomic mass is 19.1. The Bertz CT molecular complexity index is 733. The summed E-state index contributed by atoms with van der Waals surface area (Å²) in [5.41, 5.74) is 6.58. The van der Waals surface area contributed by atoms with E-state index in [1.165, 1.54) is 6.07 Å². The maximum atomic E-state index is 14.3. The standard InChI is InChI=1S/C17H21FN2O2/c1-2-10-9-20-17(21)14-7-15(18)16(8-13(10)14)22-12-5-3-11(19)4-6-12/h7-9,11-12H,2-6,19H2,1H3,(H,20,21)/t11-,12-. The summed E-state index contributed by atoms with van der Waals surface area (Å²) < 4.78 is 20.1. The van der Waals surface area contributed by atoms with Crippen LogP contribution in [-0.4, -0.2) is 17.1 Å². The molecule has 0 radical (unpaired) electrons. The van der Waals surface area contributed by atoms with Crippen molar-refractivity contribution in [3.8, 4) is 5.75 Å². The lowest BCUT2D eigenvalue weighted by Gasteiger charge is -2.27. The van der Waals surface area contributed by atoms with Crippen molar-refractivity contribution in [2.45, 2.75) is 51.2 Å². The van der Waals surface area contributed by atoms with Gasteiger partial charge < -0.3 is 15.5 Å². The number of fused-ring (bicyclic) bond motifs is 1. The zero-order valence-electron chi connectivity index (χ0n) is 12.7. The number of nitrogens with one attached hydrogen (secondary N) is 1. The van der Waals surface area contributed by atoms with Gasteiger partial charge in [-0.3, -0.25) is 4.79 Å². The van der Waals surface area contributed by atoms with Crippen LogP contribution in [0.2, 0.25) is 0 Å². The van der Waals surface area contributed by atoms with Gasteiger partial charge in [-0.2, -0.15) is 0 Å². The predicted molar refractivity (Wildman–Crippen MR) is 84.8 cm³/mol. The first-order chi connectivity index (χ1) is 10.6. The van der Waals surface area contributed by atoms with Crippen LogP contribution in [0.15, 0.2) is 23.1 Å². The lowest BCUT2D eigenvalue weighted by atomic mass is 9.93.